The van der Waals surface area contributed by atoms with Crippen LogP contribution < -0.4 is 26.6 Å². The molecule has 0 radical (unpaired) electrons. The van der Waals surface area contributed by atoms with Crippen LogP contribution in [0, 0.1) is 35.5 Å². The second-order valence-corrected chi connectivity index (χ2v) is 29.0. The van der Waals surface area contributed by atoms with E-state index in [0.29, 0.717) is 12.3 Å². The maximum Gasteiger partial charge on any atom is 0.256 e. The first-order chi connectivity index (χ1) is 41.9. The van der Waals surface area contributed by atoms with Crippen molar-refractivity contribution in [3.8, 4) is 0 Å². The van der Waals surface area contributed by atoms with Gasteiger partial charge in [-0.25, -0.2) is 0 Å². The predicted molar refractivity (Wildman–Crippen MR) is 355 cm³/mol. The van der Waals surface area contributed by atoms with Gasteiger partial charge in [0.25, 0.3) is 5.91 Å². The first-order valence-corrected chi connectivity index (χ1v) is 33.3. The fourth-order valence-corrected chi connectivity index (χ4v) is 12.2. The lowest BCUT2D eigenvalue weighted by Gasteiger charge is -2.40. The number of thioether (sulfide) groups is 1. The highest BCUT2D eigenvalue weighted by Crippen LogP contribution is 2.26. The second-order valence-electron chi connectivity index (χ2n) is 27.8. The number of hydrogen-bond donors (Lipinski definition) is 7. The lowest BCUT2D eigenvalue weighted by molar-refractivity contribution is -0.154. The standard InChI is InChI=1S/C65H118N12O13S/c1-26-28-29-41(13)52(78)50-56(82)68-44(27-2)59(85)77(25)64(91-31-30-71(18)19)63(89)75(23)48(35-65(16,17)90)55(81)69-49(39(9)10)62(88)72(20)45(32-36(3)4)54(80)66-42(14)53(79)67-43(15)58(84)73(21)46(33-37(5)6)60(86)74(22)47(34-38(7)8)61(87)76(24)51(40(11)12)57(83)70-50/h26,28,36-52,64,78,90H,27,29-35H2,1-25H3,(H,66,80)(H,67,79)(H,68,82)(H,69,81)(H,70,83)/b28-26+/t41-,42+,43-,44+,45+,46+,47+,48+,49+,50+,51+,52-,64-/m1/s1. The Kier molecular flexibility index (Phi) is 34.5. The highest BCUT2D eigenvalue weighted by molar-refractivity contribution is 8.00. The Balaban J connectivity index is 4.50. The number of nitrogens with zero attached hydrogens (tertiary/aromatic N) is 7. The van der Waals surface area contributed by atoms with Gasteiger partial charge < -0.3 is 71.1 Å². The van der Waals surface area contributed by atoms with Crippen LogP contribution in [0.5, 0.6) is 0 Å². The van der Waals surface area contributed by atoms with Gasteiger partial charge in [-0.1, -0.05) is 95.2 Å². The van der Waals surface area contributed by atoms with Crippen molar-refractivity contribution in [2.24, 2.45) is 35.5 Å². The third kappa shape index (κ3) is 24.9. The van der Waals surface area contributed by atoms with E-state index in [0.717, 1.165) is 21.6 Å². The van der Waals surface area contributed by atoms with Crippen LogP contribution >= 0.6 is 11.8 Å². The Morgan fingerprint density at radius 3 is 1.44 bits per heavy atom. The SMILES string of the molecule is C/C=C/C[C@@H](C)[C@@H](O)[C@@H]1NC(=O)[C@H](C(C)C)N(C)C(=O)[C@H](CC(C)C)N(C)C(=O)[C@H](CC(C)C)N(C)C(=O)[C@@H](C)NC(=O)[C@H](C)NC(=O)[C@H](CC(C)C)N(C)C(=O)[C@H](C(C)C)NC(=O)[C@H](CC(C)(C)O)N(C)C(=O)[C@@H](SCCN(C)C)N(C)C(=O)[C@H](CC)NC1=O. The van der Waals surface area contributed by atoms with Gasteiger partial charge >= 0.3 is 0 Å². The minimum atomic E-state index is -1.71. The van der Waals surface area contributed by atoms with Crippen molar-refractivity contribution in [2.45, 2.75) is 234 Å². The first kappa shape index (κ1) is 83.2. The molecule has 91 heavy (non-hydrogen) atoms. The van der Waals surface area contributed by atoms with E-state index >= 15 is 9.59 Å². The van der Waals surface area contributed by atoms with E-state index in [1.165, 1.54) is 89.6 Å². The van der Waals surface area contributed by atoms with E-state index in [9.17, 15) is 53.4 Å². The van der Waals surface area contributed by atoms with E-state index in [2.05, 4.69) is 26.6 Å². The predicted octanol–water partition coefficient (Wildman–Crippen LogP) is 2.66. The summed E-state index contributed by atoms with van der Waals surface area (Å²) >= 11 is 1.09. The number of rotatable bonds is 19. The second kappa shape index (κ2) is 37.7. The molecule has 1 aliphatic rings. The number of aliphatic hydroxyl groups is 2. The van der Waals surface area contributed by atoms with Crippen molar-refractivity contribution in [3.05, 3.63) is 12.2 Å². The molecule has 25 nitrogen and oxygen atoms in total. The van der Waals surface area contributed by atoms with Gasteiger partial charge in [0.15, 0.2) is 5.37 Å². The molecule has 1 saturated heterocycles. The highest BCUT2D eigenvalue weighted by Gasteiger charge is 2.45. The summed E-state index contributed by atoms with van der Waals surface area (Å²) in [4.78, 5) is 172. The molecule has 0 spiro atoms. The van der Waals surface area contributed by atoms with E-state index in [4.69, 9.17) is 0 Å². The number of amides is 11. The van der Waals surface area contributed by atoms with Crippen molar-refractivity contribution in [3.63, 3.8) is 0 Å². The molecular weight excluding hydrogens is 1190 g/mol. The average Bonchev–Trinajstić information content (AvgIpc) is 1.39. The number of likely N-dealkylation sites (N-methyl/N-ethyl adjacent to an activating group) is 6. The van der Waals surface area contributed by atoms with Gasteiger partial charge in [-0.05, 0) is 116 Å². The zero-order valence-electron chi connectivity index (χ0n) is 59.6. The molecular formula is C65H118N12O13S. The minimum Gasteiger partial charge on any atom is -0.390 e. The summed E-state index contributed by atoms with van der Waals surface area (Å²) in [5, 5.41) is 35.7. The van der Waals surface area contributed by atoms with E-state index < -0.39 is 160 Å². The van der Waals surface area contributed by atoms with E-state index in [-0.39, 0.29) is 56.3 Å². The van der Waals surface area contributed by atoms with Gasteiger partial charge in [0.1, 0.15) is 60.4 Å². The maximum atomic E-state index is 15.2. The molecule has 13 atom stereocenters. The summed E-state index contributed by atoms with van der Waals surface area (Å²) in [6.45, 7) is 29.2. The summed E-state index contributed by atoms with van der Waals surface area (Å²) < 4.78 is 0. The zero-order valence-corrected chi connectivity index (χ0v) is 60.4. The lowest BCUT2D eigenvalue weighted by atomic mass is 9.92. The molecule has 1 heterocycles. The molecule has 1 aliphatic heterocycles. The van der Waals surface area contributed by atoms with Crippen molar-refractivity contribution in [2.75, 3.05) is 68.7 Å². The minimum absolute atomic E-state index is 0.0359. The Labute approximate surface area is 548 Å². The Bertz CT molecular complexity index is 2490. The number of hydrogen-bond acceptors (Lipinski definition) is 15. The number of nitrogens with one attached hydrogen (secondary N) is 5. The molecule has 1 rings (SSSR count). The number of allylic oxidation sites excluding steroid dienone is 2. The molecule has 7 N–H and O–H groups in total. The Morgan fingerprint density at radius 1 is 0.527 bits per heavy atom. The third-order valence-electron chi connectivity index (χ3n) is 16.6. The van der Waals surface area contributed by atoms with Crippen LogP contribution in [0.15, 0.2) is 12.2 Å². The van der Waals surface area contributed by atoms with Crippen LogP contribution in [0.25, 0.3) is 0 Å². The van der Waals surface area contributed by atoms with Crippen LogP contribution in [-0.2, 0) is 52.7 Å². The van der Waals surface area contributed by atoms with Gasteiger partial charge in [-0.15, -0.1) is 11.8 Å². The van der Waals surface area contributed by atoms with Crippen molar-refractivity contribution in [1.29, 1.82) is 0 Å². The molecule has 11 amide bonds. The molecule has 0 aromatic heterocycles. The molecule has 0 aliphatic carbocycles. The van der Waals surface area contributed by atoms with Crippen LogP contribution in [0.3, 0.4) is 0 Å². The summed E-state index contributed by atoms with van der Waals surface area (Å²) in [6, 6.07) is -13.2. The van der Waals surface area contributed by atoms with Crippen molar-refractivity contribution >= 4 is 76.7 Å². The molecule has 0 bridgehead atoms. The van der Waals surface area contributed by atoms with Crippen LogP contribution in [0.4, 0.5) is 0 Å². The average molecular weight is 1310 g/mol. The number of aliphatic hydroxyl groups excluding tert-OH is 1. The van der Waals surface area contributed by atoms with E-state index in [1.807, 2.05) is 60.5 Å². The van der Waals surface area contributed by atoms with Gasteiger partial charge in [-0.3, -0.25) is 52.7 Å². The fourth-order valence-electron chi connectivity index (χ4n) is 10.9. The summed E-state index contributed by atoms with van der Waals surface area (Å²) in [5.41, 5.74) is -1.58. The third-order valence-corrected chi connectivity index (χ3v) is 17.8. The molecule has 0 unspecified atom stereocenters. The lowest BCUT2D eigenvalue weighted by Crippen LogP contribution is -2.63. The summed E-state index contributed by atoms with van der Waals surface area (Å²) in [6.07, 6.45) is 2.29. The van der Waals surface area contributed by atoms with Gasteiger partial charge in [-0.2, -0.15) is 0 Å². The monoisotopic (exact) mass is 1310 g/mol. The highest BCUT2D eigenvalue weighted by atomic mass is 32.2. The molecule has 1 fully saturated rings. The van der Waals surface area contributed by atoms with Crippen molar-refractivity contribution < 1.29 is 63.0 Å². The van der Waals surface area contributed by atoms with E-state index in [1.54, 1.807) is 60.6 Å². The van der Waals surface area contributed by atoms with Gasteiger partial charge in [0, 0.05) is 61.0 Å². The molecule has 522 valence electrons. The van der Waals surface area contributed by atoms with Gasteiger partial charge in [0.2, 0.25) is 59.1 Å². The summed E-state index contributed by atoms with van der Waals surface area (Å²) in [5.74, 6) is -10.2. The quantitative estimate of drug-likeness (QED) is 0.0915. The normalized spacial score (nSPS) is 26.8. The fraction of sp³-hybridized carbons (Fsp3) is 0.800. The van der Waals surface area contributed by atoms with Crippen LogP contribution in [0.2, 0.25) is 0 Å². The maximum absolute atomic E-state index is 15.2. The Morgan fingerprint density at radius 2 is 0.978 bits per heavy atom. The van der Waals surface area contributed by atoms with Crippen LogP contribution in [-0.4, -0.2) is 256 Å². The molecule has 0 saturated carbocycles. The zero-order chi connectivity index (χ0) is 70.6. The topological polar surface area (TPSA) is 311 Å². The van der Waals surface area contributed by atoms with Gasteiger partial charge in [0.05, 0.1) is 11.7 Å². The Hall–Kier alpha value is -5.86. The number of carbonyl (C=O) groups is 11. The molecule has 26 heteroatoms. The first-order valence-electron chi connectivity index (χ1n) is 32.3. The largest absolute Gasteiger partial charge is 0.390 e. The molecule has 0 aromatic rings. The van der Waals surface area contributed by atoms with Crippen LogP contribution in [0.1, 0.15) is 156 Å². The molecule has 0 aromatic carbocycles. The number of carbonyl (C=O) groups excluding carboxylic acids is 11. The van der Waals surface area contributed by atoms with Crippen molar-refractivity contribution in [1.82, 2.24) is 60.9 Å². The summed E-state index contributed by atoms with van der Waals surface area (Å²) in [7, 11) is 12.1. The smallest absolute Gasteiger partial charge is 0.256 e.